The second-order valence-corrected chi connectivity index (χ2v) is 9.48. The van der Waals surface area contributed by atoms with E-state index in [-0.39, 0.29) is 25.6 Å². The van der Waals surface area contributed by atoms with Crippen LogP contribution in [0.15, 0.2) is 64.8 Å². The van der Waals surface area contributed by atoms with E-state index in [0.29, 0.717) is 34.4 Å². The summed E-state index contributed by atoms with van der Waals surface area (Å²) in [5, 5.41) is 23.0. The fraction of sp³-hybridized carbons (Fsp3) is 0.333. The number of amides is 2. The molecular formula is C27H28N6O6. The van der Waals surface area contributed by atoms with Crippen LogP contribution in [0.25, 0.3) is 0 Å². The van der Waals surface area contributed by atoms with Crippen LogP contribution in [0.5, 0.6) is 11.5 Å². The molecule has 0 saturated carbocycles. The Bertz CT molecular complexity index is 1440. The van der Waals surface area contributed by atoms with E-state index in [9.17, 15) is 15.0 Å². The number of aliphatic hydroxyl groups excluding tert-OH is 2. The number of carbonyl (C=O) groups is 1. The molecule has 12 heteroatoms. The van der Waals surface area contributed by atoms with Gasteiger partial charge in [0.15, 0.2) is 17.2 Å². The minimum Gasteiger partial charge on any atom is -0.497 e. The number of fused-ring (bicyclic) bond motifs is 3. The van der Waals surface area contributed by atoms with Crippen molar-refractivity contribution in [1.82, 2.24) is 19.8 Å². The van der Waals surface area contributed by atoms with E-state index < -0.39 is 24.0 Å². The third-order valence-electron chi connectivity index (χ3n) is 7.33. The quantitative estimate of drug-likeness (QED) is 0.423. The van der Waals surface area contributed by atoms with Gasteiger partial charge in [0.1, 0.15) is 35.9 Å². The molecule has 0 bridgehead atoms. The number of rotatable bonds is 7. The minimum absolute atomic E-state index is 0.253. The third-order valence-corrected chi connectivity index (χ3v) is 7.33. The highest BCUT2D eigenvalue weighted by molar-refractivity contribution is 6.15. The Morgan fingerprint density at radius 1 is 1.10 bits per heavy atom. The first-order chi connectivity index (χ1) is 19.0. The zero-order chi connectivity index (χ0) is 27.1. The molecule has 2 aromatic carbocycles. The van der Waals surface area contributed by atoms with Crippen LogP contribution in [0.1, 0.15) is 29.5 Å². The highest BCUT2D eigenvalue weighted by Crippen LogP contribution is 2.44. The number of carbonyl (C=O) groups excluding carboxylic acids is 1. The molecule has 2 fully saturated rings. The molecule has 202 valence electrons. The van der Waals surface area contributed by atoms with Gasteiger partial charge in [0.2, 0.25) is 0 Å². The molecule has 3 aromatic rings. The van der Waals surface area contributed by atoms with E-state index in [2.05, 4.69) is 15.3 Å². The van der Waals surface area contributed by atoms with Gasteiger partial charge in [-0.1, -0.05) is 24.3 Å². The number of benzene rings is 2. The Morgan fingerprint density at radius 3 is 2.44 bits per heavy atom. The van der Waals surface area contributed by atoms with Crippen LogP contribution in [0.3, 0.4) is 0 Å². The highest BCUT2D eigenvalue weighted by Gasteiger charge is 2.55. The molecule has 2 amide bonds. The summed E-state index contributed by atoms with van der Waals surface area (Å²) < 4.78 is 18.2. The van der Waals surface area contributed by atoms with Gasteiger partial charge < -0.3 is 29.7 Å². The maximum absolute atomic E-state index is 13.6. The Kier molecular flexibility index (Phi) is 6.29. The van der Waals surface area contributed by atoms with Crippen molar-refractivity contribution >= 4 is 24.0 Å². The van der Waals surface area contributed by atoms with Crippen molar-refractivity contribution in [3.63, 3.8) is 0 Å². The monoisotopic (exact) mass is 532 g/mol. The molecule has 0 radical (unpaired) electrons. The highest BCUT2D eigenvalue weighted by atomic mass is 16.5. The van der Waals surface area contributed by atoms with Gasteiger partial charge in [-0.15, -0.1) is 0 Å². The van der Waals surface area contributed by atoms with E-state index >= 15 is 0 Å². The second-order valence-electron chi connectivity index (χ2n) is 9.48. The number of nitrogens with one attached hydrogen (secondary N) is 1. The largest absolute Gasteiger partial charge is 0.497 e. The van der Waals surface area contributed by atoms with Gasteiger partial charge in [-0.3, -0.25) is 9.47 Å². The lowest BCUT2D eigenvalue weighted by atomic mass is 9.85. The Balaban J connectivity index is 1.46. The maximum Gasteiger partial charge on any atom is 0.324 e. The fourth-order valence-corrected chi connectivity index (χ4v) is 5.30. The summed E-state index contributed by atoms with van der Waals surface area (Å²) in [6, 6.07) is 14.5. The van der Waals surface area contributed by atoms with Crippen LogP contribution in [0.2, 0.25) is 0 Å². The molecule has 4 atom stereocenters. The van der Waals surface area contributed by atoms with E-state index in [1.807, 2.05) is 48.5 Å². The van der Waals surface area contributed by atoms with Crippen LogP contribution in [-0.2, 0) is 16.8 Å². The number of aliphatic imine (C=N–C) groups is 2. The molecule has 3 aliphatic heterocycles. The average molecular weight is 533 g/mol. The number of imidazole rings is 1. The number of ether oxygens (including phenoxy) is 3. The zero-order valence-corrected chi connectivity index (χ0v) is 21.4. The van der Waals surface area contributed by atoms with E-state index in [1.165, 1.54) is 6.34 Å². The van der Waals surface area contributed by atoms with Gasteiger partial charge >= 0.3 is 6.03 Å². The van der Waals surface area contributed by atoms with Crippen molar-refractivity contribution in [2.45, 2.75) is 36.9 Å². The Morgan fingerprint density at radius 2 is 1.79 bits per heavy atom. The van der Waals surface area contributed by atoms with Crippen LogP contribution in [0, 0.1) is 0 Å². The summed E-state index contributed by atoms with van der Waals surface area (Å²) in [6.07, 6.45) is 1.08. The predicted molar refractivity (Wildman–Crippen MR) is 140 cm³/mol. The van der Waals surface area contributed by atoms with Crippen molar-refractivity contribution in [3.8, 4) is 11.5 Å². The number of aliphatic hydroxyl groups is 2. The summed E-state index contributed by atoms with van der Waals surface area (Å²) in [4.78, 5) is 29.2. The maximum atomic E-state index is 13.6. The number of aromatic nitrogens is 2. The van der Waals surface area contributed by atoms with Gasteiger partial charge in [-0.05, 0) is 35.4 Å². The molecule has 4 heterocycles. The van der Waals surface area contributed by atoms with E-state index in [4.69, 9.17) is 19.2 Å². The summed E-state index contributed by atoms with van der Waals surface area (Å²) in [5.74, 6) is 2.22. The van der Waals surface area contributed by atoms with E-state index in [0.717, 1.165) is 5.56 Å². The van der Waals surface area contributed by atoms with Crippen molar-refractivity contribution < 1.29 is 29.2 Å². The number of amidine groups is 1. The van der Waals surface area contributed by atoms with Crippen molar-refractivity contribution in [1.29, 1.82) is 0 Å². The molecule has 6 rings (SSSR count). The molecule has 2 unspecified atom stereocenters. The van der Waals surface area contributed by atoms with Crippen LogP contribution < -0.4 is 14.8 Å². The first-order valence-electron chi connectivity index (χ1n) is 12.5. The minimum atomic E-state index is -1.26. The molecule has 12 nitrogen and oxygen atoms in total. The van der Waals surface area contributed by atoms with Gasteiger partial charge in [-0.25, -0.2) is 19.8 Å². The van der Waals surface area contributed by atoms with E-state index in [1.54, 1.807) is 30.0 Å². The van der Waals surface area contributed by atoms with Crippen molar-refractivity contribution in [3.05, 3.63) is 71.7 Å². The van der Waals surface area contributed by atoms with Crippen LogP contribution >= 0.6 is 0 Å². The lowest BCUT2D eigenvalue weighted by molar-refractivity contribution is -0.0438. The molecule has 1 aromatic heterocycles. The number of urea groups is 1. The van der Waals surface area contributed by atoms with Crippen molar-refractivity contribution in [2.24, 2.45) is 9.98 Å². The molecule has 0 spiro atoms. The molecule has 0 aliphatic carbocycles. The number of nitrogens with zero attached hydrogens (tertiary/aromatic N) is 5. The van der Waals surface area contributed by atoms with Gasteiger partial charge in [0.05, 0.1) is 39.8 Å². The molecule has 2 saturated heterocycles. The Hall–Kier alpha value is -4.26. The SMILES string of the molecule is COc1ccc(CN2C(=O)NC3(c4ccc(OC)cc4)C2=NC=Nc2c3ncn2[C@H]2CC(O)[C@@H](CO)O2)cc1. The molecule has 3 aliphatic rings. The summed E-state index contributed by atoms with van der Waals surface area (Å²) in [6.45, 7) is -0.0518. The first kappa shape index (κ1) is 25.0. The zero-order valence-electron chi connectivity index (χ0n) is 21.4. The van der Waals surface area contributed by atoms with Gasteiger partial charge in [-0.2, -0.15) is 0 Å². The lowest BCUT2D eigenvalue weighted by Gasteiger charge is -2.29. The fourth-order valence-electron chi connectivity index (χ4n) is 5.30. The standard InChI is InChI=1S/C27H28N6O6/c1-37-18-7-3-16(4-8-18)12-32-25-27(31-26(32)36,17-5-9-19(38-2)10-6-17)23-24(28-14-29-25)33(15-30-23)22-11-20(35)21(13-34)39-22/h3-10,14-15,20-22,34-35H,11-13H2,1-2H3,(H,31,36)/t20?,21-,22-,27?/m1/s1. The lowest BCUT2D eigenvalue weighted by Crippen LogP contribution is -2.45. The topological polar surface area (TPSA) is 143 Å². The number of hydrogen-bond acceptors (Lipinski definition) is 9. The van der Waals surface area contributed by atoms with Crippen LogP contribution in [-0.4, -0.2) is 75.9 Å². The normalized spacial score (nSPS) is 25.5. The summed E-state index contributed by atoms with van der Waals surface area (Å²) in [7, 11) is 3.19. The van der Waals surface area contributed by atoms with Gasteiger partial charge in [0, 0.05) is 6.42 Å². The van der Waals surface area contributed by atoms with Crippen LogP contribution in [0.4, 0.5) is 10.6 Å². The molecule has 3 N–H and O–H groups in total. The average Bonchev–Trinajstić information content (AvgIpc) is 3.60. The number of hydrogen-bond donors (Lipinski definition) is 3. The predicted octanol–water partition coefficient (Wildman–Crippen LogP) is 2.08. The second kappa shape index (κ2) is 9.80. The summed E-state index contributed by atoms with van der Waals surface area (Å²) in [5.41, 5.74) is 0.788. The Labute approximate surface area is 224 Å². The first-order valence-corrected chi connectivity index (χ1v) is 12.5. The van der Waals surface area contributed by atoms with Crippen molar-refractivity contribution in [2.75, 3.05) is 20.8 Å². The molecule has 39 heavy (non-hydrogen) atoms. The number of methoxy groups -OCH3 is 2. The molecular weight excluding hydrogens is 504 g/mol. The summed E-state index contributed by atoms with van der Waals surface area (Å²) >= 11 is 0. The third kappa shape index (κ3) is 4.04. The van der Waals surface area contributed by atoms with Gasteiger partial charge in [0.25, 0.3) is 0 Å². The smallest absolute Gasteiger partial charge is 0.324 e.